The summed E-state index contributed by atoms with van der Waals surface area (Å²) in [4.78, 5) is 37.8. The molecule has 2 fully saturated rings. The summed E-state index contributed by atoms with van der Waals surface area (Å²) >= 11 is 1.38. The zero-order chi connectivity index (χ0) is 18.6. The van der Waals surface area contributed by atoms with Gasteiger partial charge in [-0.3, -0.25) is 9.59 Å². The number of thioether (sulfide) groups is 1. The highest BCUT2D eigenvalue weighted by Crippen LogP contribution is 2.50. The number of fused-ring (bicyclic) bond motifs is 2. The molecule has 1 aromatic rings. The molecule has 3 aliphatic rings. The molecule has 0 bridgehead atoms. The number of amides is 2. The van der Waals surface area contributed by atoms with Gasteiger partial charge in [0.1, 0.15) is 24.1 Å². The van der Waals surface area contributed by atoms with E-state index in [9.17, 15) is 19.5 Å². The number of aliphatic carboxylic acids is 1. The van der Waals surface area contributed by atoms with Crippen molar-refractivity contribution in [2.75, 3.05) is 6.61 Å². The minimum Gasteiger partial charge on any atom is -0.485 e. The molecule has 4 rings (SSSR count). The highest BCUT2D eigenvalue weighted by atomic mass is 32.2. The fraction of sp³-hybridized carbons (Fsp3) is 0.471. The first-order valence-electron chi connectivity index (χ1n) is 8.21. The van der Waals surface area contributed by atoms with E-state index in [0.29, 0.717) is 11.5 Å². The van der Waals surface area contributed by atoms with Crippen molar-refractivity contribution in [2.45, 2.75) is 42.2 Å². The SMILES string of the molecule is CC1(C)S[C@@H]2[C@H](NC(=O)C3COc4ccccc4O3)C(=O)N2[C@H]1C(=O)O. The molecule has 9 heteroatoms. The number of nitrogens with one attached hydrogen (secondary N) is 1. The number of para-hydroxylation sites is 2. The third kappa shape index (κ3) is 2.49. The van der Waals surface area contributed by atoms with Gasteiger partial charge in [-0.2, -0.15) is 0 Å². The monoisotopic (exact) mass is 378 g/mol. The van der Waals surface area contributed by atoms with Crippen LogP contribution < -0.4 is 14.8 Å². The van der Waals surface area contributed by atoms with Gasteiger partial charge in [-0.05, 0) is 26.0 Å². The largest absolute Gasteiger partial charge is 0.485 e. The lowest BCUT2D eigenvalue weighted by Crippen LogP contribution is -2.71. The fourth-order valence-corrected chi connectivity index (χ4v) is 5.17. The van der Waals surface area contributed by atoms with E-state index in [0.717, 1.165) is 0 Å². The number of β-lactam (4-membered cyclic amide) rings is 1. The molecule has 26 heavy (non-hydrogen) atoms. The lowest BCUT2D eigenvalue weighted by molar-refractivity contribution is -0.161. The lowest BCUT2D eigenvalue weighted by Gasteiger charge is -2.44. The third-order valence-corrected chi connectivity index (χ3v) is 6.35. The molecule has 0 spiro atoms. The van der Waals surface area contributed by atoms with Gasteiger partial charge in [0.15, 0.2) is 11.5 Å². The molecule has 1 aromatic carbocycles. The number of hydrogen-bond acceptors (Lipinski definition) is 6. The highest BCUT2D eigenvalue weighted by molar-refractivity contribution is 8.01. The number of carboxylic acid groups (broad SMARTS) is 1. The van der Waals surface area contributed by atoms with Crippen LogP contribution in [0, 0.1) is 0 Å². The molecule has 1 unspecified atom stereocenters. The van der Waals surface area contributed by atoms with E-state index < -0.39 is 34.8 Å². The van der Waals surface area contributed by atoms with Crippen molar-refractivity contribution in [3.63, 3.8) is 0 Å². The van der Waals surface area contributed by atoms with Gasteiger partial charge < -0.3 is 24.8 Å². The van der Waals surface area contributed by atoms with Crippen molar-refractivity contribution in [1.82, 2.24) is 10.2 Å². The molecule has 4 atom stereocenters. The molecule has 138 valence electrons. The standard InChI is InChI=1S/C17H18N2O6S/c1-17(2)12(16(22)23)19-14(21)11(15(19)26-17)18-13(20)10-7-24-8-5-3-4-6-9(8)25-10/h3-6,10-12,15H,7H2,1-2H3,(H,18,20)(H,22,23)/t10?,11-,12+,15-/m1/s1. The number of carbonyl (C=O) groups is 3. The van der Waals surface area contributed by atoms with E-state index in [2.05, 4.69) is 5.32 Å². The number of hydrogen-bond donors (Lipinski definition) is 2. The Hall–Kier alpha value is -2.42. The molecule has 8 nitrogen and oxygen atoms in total. The number of nitrogens with zero attached hydrogens (tertiary/aromatic N) is 1. The summed E-state index contributed by atoms with van der Waals surface area (Å²) in [7, 11) is 0. The molecular weight excluding hydrogens is 360 g/mol. The zero-order valence-electron chi connectivity index (χ0n) is 14.2. The van der Waals surface area contributed by atoms with Crippen LogP contribution in [-0.4, -0.2) is 62.7 Å². The Morgan fingerprint density at radius 2 is 2.00 bits per heavy atom. The summed E-state index contributed by atoms with van der Waals surface area (Å²) in [6.07, 6.45) is -0.860. The van der Waals surface area contributed by atoms with Crippen LogP contribution in [0.25, 0.3) is 0 Å². The van der Waals surface area contributed by atoms with Crippen LogP contribution in [-0.2, 0) is 14.4 Å². The summed E-state index contributed by atoms with van der Waals surface area (Å²) in [5.41, 5.74) is 0. The molecule has 3 heterocycles. The maximum Gasteiger partial charge on any atom is 0.327 e. The number of carboxylic acids is 1. The van der Waals surface area contributed by atoms with Crippen LogP contribution >= 0.6 is 11.8 Å². The first-order valence-corrected chi connectivity index (χ1v) is 9.09. The van der Waals surface area contributed by atoms with Crippen molar-refractivity contribution in [3.8, 4) is 11.5 Å². The molecule has 0 radical (unpaired) electrons. The van der Waals surface area contributed by atoms with Gasteiger partial charge >= 0.3 is 5.97 Å². The Balaban J connectivity index is 1.44. The number of benzene rings is 1. The Kier molecular flexibility index (Phi) is 3.80. The smallest absolute Gasteiger partial charge is 0.327 e. The number of carbonyl (C=O) groups excluding carboxylic acids is 2. The van der Waals surface area contributed by atoms with E-state index in [-0.39, 0.29) is 17.9 Å². The van der Waals surface area contributed by atoms with Crippen LogP contribution in [0.5, 0.6) is 11.5 Å². The van der Waals surface area contributed by atoms with Gasteiger partial charge in [0.25, 0.3) is 5.91 Å². The average molecular weight is 378 g/mol. The summed E-state index contributed by atoms with van der Waals surface area (Å²) in [6, 6.07) is 5.38. The Labute approximate surface area is 153 Å². The number of ether oxygens (including phenoxy) is 2. The molecule has 2 N–H and O–H groups in total. The topological polar surface area (TPSA) is 105 Å². The first-order chi connectivity index (χ1) is 12.3. The van der Waals surface area contributed by atoms with Crippen LogP contribution in [0.15, 0.2) is 24.3 Å². The molecule has 0 saturated carbocycles. The minimum atomic E-state index is -1.04. The first kappa shape index (κ1) is 17.0. The minimum absolute atomic E-state index is 0.0501. The van der Waals surface area contributed by atoms with Crippen molar-refractivity contribution in [3.05, 3.63) is 24.3 Å². The van der Waals surface area contributed by atoms with Crippen molar-refractivity contribution in [1.29, 1.82) is 0 Å². The van der Waals surface area contributed by atoms with Gasteiger partial charge in [-0.15, -0.1) is 11.8 Å². The van der Waals surface area contributed by atoms with Crippen LogP contribution in [0.1, 0.15) is 13.8 Å². The van der Waals surface area contributed by atoms with Crippen molar-refractivity contribution < 1.29 is 29.0 Å². The van der Waals surface area contributed by atoms with Gasteiger partial charge in [0.2, 0.25) is 12.0 Å². The Bertz CT molecular complexity index is 797. The lowest BCUT2D eigenvalue weighted by atomic mass is 9.96. The van der Waals surface area contributed by atoms with Gasteiger partial charge in [-0.25, -0.2) is 4.79 Å². The van der Waals surface area contributed by atoms with Crippen molar-refractivity contribution in [2.24, 2.45) is 0 Å². The highest BCUT2D eigenvalue weighted by Gasteiger charge is 2.64. The summed E-state index contributed by atoms with van der Waals surface area (Å²) < 4.78 is 10.5. The third-order valence-electron chi connectivity index (χ3n) is 4.77. The molecule has 2 amide bonds. The predicted molar refractivity (Wildman–Crippen MR) is 92.0 cm³/mol. The normalized spacial score (nSPS) is 31.0. The van der Waals surface area contributed by atoms with Gasteiger partial charge in [-0.1, -0.05) is 12.1 Å². The van der Waals surface area contributed by atoms with Crippen molar-refractivity contribution >= 4 is 29.5 Å². The van der Waals surface area contributed by atoms with Gasteiger partial charge in [0, 0.05) is 4.75 Å². The molecule has 2 saturated heterocycles. The predicted octanol–water partition coefficient (Wildman–Crippen LogP) is 0.458. The quantitative estimate of drug-likeness (QED) is 0.736. The summed E-state index contributed by atoms with van der Waals surface area (Å²) in [5, 5.41) is 11.7. The second kappa shape index (κ2) is 5.80. The van der Waals surface area contributed by atoms with Crippen LogP contribution in [0.4, 0.5) is 0 Å². The Morgan fingerprint density at radius 3 is 2.69 bits per heavy atom. The van der Waals surface area contributed by atoms with E-state index in [1.807, 2.05) is 6.07 Å². The molecular formula is C17H18N2O6S. The summed E-state index contributed by atoms with van der Waals surface area (Å²) in [5.74, 6) is -0.827. The van der Waals surface area contributed by atoms with Crippen LogP contribution in [0.3, 0.4) is 0 Å². The maximum absolute atomic E-state index is 12.5. The van der Waals surface area contributed by atoms with Crippen LogP contribution in [0.2, 0.25) is 0 Å². The number of rotatable bonds is 3. The summed E-state index contributed by atoms with van der Waals surface area (Å²) in [6.45, 7) is 3.63. The maximum atomic E-state index is 12.5. The van der Waals surface area contributed by atoms with E-state index in [1.54, 1.807) is 32.0 Å². The van der Waals surface area contributed by atoms with E-state index in [4.69, 9.17) is 9.47 Å². The Morgan fingerprint density at radius 1 is 1.31 bits per heavy atom. The fourth-order valence-electron chi connectivity index (χ4n) is 3.54. The van der Waals surface area contributed by atoms with Gasteiger partial charge in [0.05, 0.1) is 0 Å². The second-order valence-electron chi connectivity index (χ2n) is 6.95. The molecule has 0 aromatic heterocycles. The average Bonchev–Trinajstić information content (AvgIpc) is 2.87. The van der Waals surface area contributed by atoms with E-state index in [1.165, 1.54) is 16.7 Å². The zero-order valence-corrected chi connectivity index (χ0v) is 15.0. The molecule has 3 aliphatic heterocycles. The molecule has 0 aliphatic carbocycles. The van der Waals surface area contributed by atoms with E-state index >= 15 is 0 Å². The second-order valence-corrected chi connectivity index (χ2v) is 8.72.